The first-order valence-corrected chi connectivity index (χ1v) is 8.61. The van der Waals surface area contributed by atoms with E-state index in [2.05, 4.69) is 35.4 Å². The van der Waals surface area contributed by atoms with E-state index in [1.807, 2.05) is 7.05 Å². The monoisotopic (exact) mass is 282 g/mol. The van der Waals surface area contributed by atoms with Crippen LogP contribution in [0.4, 0.5) is 0 Å². The van der Waals surface area contributed by atoms with Crippen molar-refractivity contribution in [1.82, 2.24) is 10.2 Å². The number of nitrogens with zero attached hydrogens (tertiary/aromatic N) is 1. The molecule has 2 aliphatic rings. The number of nitrogens with one attached hydrogen (secondary N) is 1. The van der Waals surface area contributed by atoms with E-state index < -0.39 is 10.8 Å². The highest BCUT2D eigenvalue weighted by molar-refractivity contribution is 7.89. The Labute approximate surface area is 119 Å². The number of hydrogen-bond acceptors (Lipinski definition) is 3. The minimum Gasteiger partial charge on any atom is -0.319 e. The first-order valence-electron chi connectivity index (χ1n) is 7.40. The lowest BCUT2D eigenvalue weighted by molar-refractivity contribution is 0.243. The van der Waals surface area contributed by atoms with Crippen molar-refractivity contribution >= 4 is 10.8 Å². The topological polar surface area (TPSA) is 32.3 Å². The van der Waals surface area contributed by atoms with Crippen LogP contribution in [-0.4, -0.2) is 47.6 Å². The maximum absolute atomic E-state index is 12.6. The zero-order valence-electron chi connectivity index (χ0n) is 12.1. The molecule has 1 fully saturated rings. The van der Waals surface area contributed by atoms with E-state index in [1.54, 1.807) is 0 Å². The van der Waals surface area contributed by atoms with Crippen molar-refractivity contribution in [2.24, 2.45) is 5.92 Å². The number of hydrogen-bond donors (Lipinski definition) is 1. The van der Waals surface area contributed by atoms with Crippen molar-refractivity contribution in [3.8, 4) is 0 Å². The van der Waals surface area contributed by atoms with Gasteiger partial charge >= 0.3 is 0 Å². The van der Waals surface area contributed by atoms with E-state index in [4.69, 9.17) is 0 Å². The molecule has 0 bridgehead atoms. The lowest BCUT2D eigenvalue weighted by atomic mass is 10.0. The minimum absolute atomic E-state index is 0.361. The number of likely N-dealkylation sites (tertiary alicyclic amines) is 1. The van der Waals surface area contributed by atoms with Gasteiger partial charge in [0.05, 0.1) is 10.8 Å². The predicted octanol–water partition coefficient (Wildman–Crippen LogP) is 1.90. The zero-order valence-corrected chi connectivity index (χ0v) is 12.9. The van der Waals surface area contributed by atoms with Gasteiger partial charge in [-0.15, -0.1) is 0 Å². The maximum atomic E-state index is 12.6. The van der Waals surface area contributed by atoms with Crippen LogP contribution in [0.15, 0.2) is 23.1 Å². The average Bonchev–Trinajstić information content (AvgIpc) is 2.48. The van der Waals surface area contributed by atoms with Gasteiger partial charge in [0.15, 0.2) is 0 Å². The lowest BCUT2D eigenvalue weighted by Gasteiger charge is -2.31. The SMILES string of the molecule is CCN1CCC(S(=O)C2=CCC(CNC)C=C2)CC1. The van der Waals surface area contributed by atoms with Gasteiger partial charge < -0.3 is 10.2 Å². The van der Waals surface area contributed by atoms with Crippen LogP contribution in [0, 0.1) is 5.92 Å². The van der Waals surface area contributed by atoms with Crippen molar-refractivity contribution in [2.75, 3.05) is 33.2 Å². The standard InChI is InChI=1S/C15H26N2OS/c1-3-17-10-8-15(9-11-17)19(18)14-6-4-13(5-7-14)12-16-2/h4,6-7,13,15-16H,3,5,8-12H2,1-2H3. The molecule has 0 spiro atoms. The Bertz CT molecular complexity index is 370. The lowest BCUT2D eigenvalue weighted by Crippen LogP contribution is -2.37. The molecule has 1 aliphatic carbocycles. The van der Waals surface area contributed by atoms with Gasteiger partial charge in [0, 0.05) is 16.7 Å². The van der Waals surface area contributed by atoms with E-state index in [9.17, 15) is 4.21 Å². The fourth-order valence-corrected chi connectivity index (χ4v) is 4.34. The van der Waals surface area contributed by atoms with Crippen molar-refractivity contribution < 1.29 is 4.21 Å². The van der Waals surface area contributed by atoms with Crippen LogP contribution in [-0.2, 0) is 10.8 Å². The summed E-state index contributed by atoms with van der Waals surface area (Å²) in [6, 6.07) is 0. The molecular formula is C15H26N2OS. The summed E-state index contributed by atoms with van der Waals surface area (Å²) in [5.41, 5.74) is 0. The van der Waals surface area contributed by atoms with E-state index >= 15 is 0 Å². The summed E-state index contributed by atoms with van der Waals surface area (Å²) in [6.07, 6.45) is 9.66. The van der Waals surface area contributed by atoms with E-state index in [-0.39, 0.29) is 0 Å². The number of piperidine rings is 1. The van der Waals surface area contributed by atoms with Gasteiger partial charge in [0.25, 0.3) is 0 Å². The molecule has 0 aromatic rings. The summed E-state index contributed by atoms with van der Waals surface area (Å²) in [4.78, 5) is 3.50. The van der Waals surface area contributed by atoms with Crippen LogP contribution in [0.5, 0.6) is 0 Å². The first-order chi connectivity index (χ1) is 9.24. The van der Waals surface area contributed by atoms with Crippen molar-refractivity contribution in [3.63, 3.8) is 0 Å². The fourth-order valence-electron chi connectivity index (χ4n) is 2.84. The average molecular weight is 282 g/mol. The Morgan fingerprint density at radius 2 is 2.16 bits per heavy atom. The molecule has 0 saturated carbocycles. The molecule has 4 heteroatoms. The number of allylic oxidation sites excluding steroid dienone is 2. The van der Waals surface area contributed by atoms with Gasteiger partial charge in [-0.1, -0.05) is 25.2 Å². The molecule has 19 heavy (non-hydrogen) atoms. The third kappa shape index (κ3) is 4.01. The Morgan fingerprint density at radius 1 is 1.42 bits per heavy atom. The molecule has 3 nitrogen and oxygen atoms in total. The summed E-state index contributed by atoms with van der Waals surface area (Å²) < 4.78 is 12.6. The molecule has 0 amide bonds. The van der Waals surface area contributed by atoms with Gasteiger partial charge in [-0.05, 0) is 51.9 Å². The van der Waals surface area contributed by atoms with Gasteiger partial charge in [0.2, 0.25) is 0 Å². The summed E-state index contributed by atoms with van der Waals surface area (Å²) in [7, 11) is 1.18. The third-order valence-electron chi connectivity index (χ3n) is 4.14. The van der Waals surface area contributed by atoms with E-state index in [0.717, 1.165) is 50.3 Å². The molecule has 0 radical (unpaired) electrons. The second-order valence-corrected chi connectivity index (χ2v) is 7.18. The zero-order chi connectivity index (χ0) is 13.7. The Hall–Kier alpha value is -0.450. The van der Waals surface area contributed by atoms with Crippen molar-refractivity contribution in [2.45, 2.75) is 31.4 Å². The Morgan fingerprint density at radius 3 is 2.68 bits per heavy atom. The quantitative estimate of drug-likeness (QED) is 0.836. The van der Waals surface area contributed by atoms with Crippen LogP contribution in [0.25, 0.3) is 0 Å². The Kier molecular flexibility index (Phi) is 5.79. The highest BCUT2D eigenvalue weighted by Gasteiger charge is 2.25. The molecule has 2 rings (SSSR count). The molecule has 108 valence electrons. The molecule has 0 aromatic heterocycles. The maximum Gasteiger partial charge on any atom is 0.0558 e. The summed E-state index contributed by atoms with van der Waals surface area (Å²) in [5.74, 6) is 0.563. The molecule has 2 atom stereocenters. The molecule has 2 unspecified atom stereocenters. The molecule has 1 heterocycles. The molecule has 0 aromatic carbocycles. The molecular weight excluding hydrogens is 256 g/mol. The molecule has 1 saturated heterocycles. The van der Waals surface area contributed by atoms with Gasteiger partial charge in [0.1, 0.15) is 0 Å². The fraction of sp³-hybridized carbons (Fsp3) is 0.733. The summed E-state index contributed by atoms with van der Waals surface area (Å²) in [6.45, 7) is 6.53. The van der Waals surface area contributed by atoms with Gasteiger partial charge in [-0.2, -0.15) is 0 Å². The van der Waals surface area contributed by atoms with Crippen LogP contribution < -0.4 is 5.32 Å². The Balaban J connectivity index is 1.86. The normalized spacial score (nSPS) is 27.3. The third-order valence-corrected chi connectivity index (χ3v) is 5.98. The van der Waals surface area contributed by atoms with Crippen molar-refractivity contribution in [3.05, 3.63) is 23.1 Å². The van der Waals surface area contributed by atoms with Crippen LogP contribution in [0.1, 0.15) is 26.2 Å². The largest absolute Gasteiger partial charge is 0.319 e. The predicted molar refractivity (Wildman–Crippen MR) is 82.5 cm³/mol. The second-order valence-electron chi connectivity index (χ2n) is 5.45. The van der Waals surface area contributed by atoms with Gasteiger partial charge in [-0.25, -0.2) is 0 Å². The minimum atomic E-state index is -0.801. The van der Waals surface area contributed by atoms with Gasteiger partial charge in [-0.3, -0.25) is 4.21 Å². The van der Waals surface area contributed by atoms with Crippen LogP contribution >= 0.6 is 0 Å². The molecule has 1 N–H and O–H groups in total. The summed E-state index contributed by atoms with van der Waals surface area (Å²) in [5, 5.41) is 3.55. The summed E-state index contributed by atoms with van der Waals surface area (Å²) >= 11 is 0. The van der Waals surface area contributed by atoms with E-state index in [0.29, 0.717) is 11.2 Å². The number of rotatable bonds is 5. The highest BCUT2D eigenvalue weighted by atomic mass is 32.2. The first kappa shape index (κ1) is 14.9. The second kappa shape index (κ2) is 7.36. The van der Waals surface area contributed by atoms with Crippen LogP contribution in [0.3, 0.4) is 0 Å². The molecule has 1 aliphatic heterocycles. The van der Waals surface area contributed by atoms with E-state index in [1.165, 1.54) is 0 Å². The highest BCUT2D eigenvalue weighted by Crippen LogP contribution is 2.24. The smallest absolute Gasteiger partial charge is 0.0558 e. The van der Waals surface area contributed by atoms with Crippen molar-refractivity contribution in [1.29, 1.82) is 0 Å². The van der Waals surface area contributed by atoms with Crippen LogP contribution in [0.2, 0.25) is 0 Å².